The van der Waals surface area contributed by atoms with Crippen molar-refractivity contribution >= 4 is 28.7 Å². The molecule has 0 amide bonds. The van der Waals surface area contributed by atoms with Crippen LogP contribution in [0.3, 0.4) is 0 Å². The van der Waals surface area contributed by atoms with Gasteiger partial charge >= 0.3 is 0 Å². The maximum absolute atomic E-state index is 14.0. The number of rotatable bonds is 3. The highest BCUT2D eigenvalue weighted by Gasteiger charge is 2.28. The second-order valence-electron chi connectivity index (χ2n) is 11.0. The summed E-state index contributed by atoms with van der Waals surface area (Å²) in [4.78, 5) is 15.9. The maximum atomic E-state index is 14.0. The summed E-state index contributed by atoms with van der Waals surface area (Å²) >= 11 is 13.2. The van der Waals surface area contributed by atoms with Gasteiger partial charge in [-0.2, -0.15) is 0 Å². The van der Waals surface area contributed by atoms with E-state index in [2.05, 4.69) is 37.8 Å². The van der Waals surface area contributed by atoms with Crippen molar-refractivity contribution in [1.82, 2.24) is 9.30 Å². The van der Waals surface area contributed by atoms with Crippen LogP contribution in [0.5, 0.6) is 0 Å². The van der Waals surface area contributed by atoms with Gasteiger partial charge < -0.3 is 4.40 Å². The van der Waals surface area contributed by atoms with Crippen LogP contribution < -0.4 is 5.43 Å². The first-order valence-corrected chi connectivity index (χ1v) is 13.5. The fourth-order valence-electron chi connectivity index (χ4n) is 5.56. The Morgan fingerprint density at radius 1 is 0.919 bits per heavy atom. The second kappa shape index (κ2) is 9.90. The molecule has 1 fully saturated rings. The van der Waals surface area contributed by atoms with Gasteiger partial charge in [0.2, 0.25) is 0 Å². The molecule has 3 heterocycles. The Labute approximate surface area is 227 Å². The Balaban J connectivity index is 1.77. The van der Waals surface area contributed by atoms with Gasteiger partial charge in [-0.25, -0.2) is 4.39 Å². The Morgan fingerprint density at radius 3 is 2.22 bits per heavy atom. The fourth-order valence-corrected chi connectivity index (χ4v) is 6.15. The lowest BCUT2D eigenvalue weighted by Gasteiger charge is -2.41. The topological polar surface area (TPSA) is 24.7 Å². The van der Waals surface area contributed by atoms with Crippen molar-refractivity contribution in [3.8, 4) is 22.4 Å². The van der Waals surface area contributed by atoms with Gasteiger partial charge in [-0.3, -0.25) is 9.69 Å². The Morgan fingerprint density at radius 2 is 1.59 bits per heavy atom. The fraction of sp³-hybridized carbons (Fsp3) is 0.323. The van der Waals surface area contributed by atoms with E-state index in [0.29, 0.717) is 27.1 Å². The van der Waals surface area contributed by atoms with E-state index < -0.39 is 0 Å². The third kappa shape index (κ3) is 4.95. The minimum absolute atomic E-state index is 0.131. The standard InChI is InChI=1S/C31H31Cl2FN2O/c1-19-16-22(34)8-9-23(19)26-17-21(20-10-13-35(14-11-20)31(2,3)4)18-27-30(28(37)12-15-36(26)27)29-24(32)6-5-7-25(29)33/h5-9,12,15-18,20H,10-11,13-14H2,1-4H3. The van der Waals surface area contributed by atoms with Crippen molar-refractivity contribution in [3.63, 3.8) is 0 Å². The van der Waals surface area contributed by atoms with Gasteiger partial charge in [0, 0.05) is 28.9 Å². The molecule has 2 aromatic carbocycles. The van der Waals surface area contributed by atoms with Crippen molar-refractivity contribution in [3.05, 3.63) is 98.0 Å². The van der Waals surface area contributed by atoms with Gasteiger partial charge in [0.15, 0.2) is 5.43 Å². The predicted octanol–water partition coefficient (Wildman–Crippen LogP) is 8.37. The average Bonchev–Trinajstić information content (AvgIpc) is 2.84. The summed E-state index contributed by atoms with van der Waals surface area (Å²) in [5.74, 6) is 0.0691. The summed E-state index contributed by atoms with van der Waals surface area (Å²) in [7, 11) is 0. The molecule has 1 saturated heterocycles. The first kappa shape index (κ1) is 26.0. The van der Waals surface area contributed by atoms with E-state index in [0.717, 1.165) is 48.3 Å². The highest BCUT2D eigenvalue weighted by molar-refractivity contribution is 6.39. The number of aryl methyl sites for hydroxylation is 1. The molecule has 6 heteroatoms. The maximum Gasteiger partial charge on any atom is 0.190 e. The van der Waals surface area contributed by atoms with E-state index in [1.165, 1.54) is 11.6 Å². The van der Waals surface area contributed by atoms with Crippen LogP contribution in [-0.2, 0) is 0 Å². The van der Waals surface area contributed by atoms with Gasteiger partial charge in [0.25, 0.3) is 0 Å². The molecule has 0 saturated carbocycles. The lowest BCUT2D eigenvalue weighted by molar-refractivity contribution is 0.102. The number of halogens is 3. The predicted molar refractivity (Wildman–Crippen MR) is 153 cm³/mol. The average molecular weight is 538 g/mol. The minimum Gasteiger partial charge on any atom is -0.316 e. The van der Waals surface area contributed by atoms with Gasteiger partial charge in [-0.1, -0.05) is 29.3 Å². The number of fused-ring (bicyclic) bond motifs is 1. The molecule has 37 heavy (non-hydrogen) atoms. The zero-order valence-electron chi connectivity index (χ0n) is 21.6. The number of nitrogens with zero attached hydrogens (tertiary/aromatic N) is 2. The molecule has 0 unspecified atom stereocenters. The van der Waals surface area contributed by atoms with E-state index in [9.17, 15) is 9.18 Å². The van der Waals surface area contributed by atoms with Crippen LogP contribution in [-0.4, -0.2) is 27.9 Å². The lowest BCUT2D eigenvalue weighted by atomic mass is 9.86. The quantitative estimate of drug-likeness (QED) is 0.262. The molecular weight excluding hydrogens is 506 g/mol. The molecule has 3 nitrogen and oxygen atoms in total. The highest BCUT2D eigenvalue weighted by Crippen LogP contribution is 2.39. The third-order valence-corrected chi connectivity index (χ3v) is 8.23. The van der Waals surface area contributed by atoms with Gasteiger partial charge in [-0.05, 0) is 113 Å². The molecular formula is C31H31Cl2FN2O. The minimum atomic E-state index is -0.272. The van der Waals surface area contributed by atoms with Crippen molar-refractivity contribution in [2.45, 2.75) is 52.0 Å². The number of benzene rings is 2. The first-order valence-electron chi connectivity index (χ1n) is 12.7. The number of hydrogen-bond donors (Lipinski definition) is 0. The molecule has 0 aliphatic carbocycles. The number of pyridine rings is 2. The van der Waals surface area contributed by atoms with Crippen LogP contribution in [0.15, 0.2) is 65.6 Å². The van der Waals surface area contributed by atoms with Crippen LogP contribution in [0, 0.1) is 12.7 Å². The third-order valence-electron chi connectivity index (χ3n) is 7.60. The first-order chi connectivity index (χ1) is 17.5. The Kier molecular flexibility index (Phi) is 6.95. The Bertz CT molecular complexity index is 1530. The number of aromatic nitrogens is 1. The van der Waals surface area contributed by atoms with Crippen molar-refractivity contribution in [2.24, 2.45) is 0 Å². The smallest absolute Gasteiger partial charge is 0.190 e. The SMILES string of the molecule is Cc1cc(F)ccc1-c1cc(C2CCN(C(C)(C)C)CC2)cc2c(-c3c(Cl)cccc3Cl)c(=O)ccn12. The molecule has 1 aliphatic heterocycles. The summed E-state index contributed by atoms with van der Waals surface area (Å²) < 4.78 is 16.0. The molecule has 0 N–H and O–H groups in total. The van der Waals surface area contributed by atoms with Gasteiger partial charge in [0.1, 0.15) is 5.82 Å². The summed E-state index contributed by atoms with van der Waals surface area (Å²) in [6.07, 6.45) is 3.83. The summed E-state index contributed by atoms with van der Waals surface area (Å²) in [5, 5.41) is 0.863. The monoisotopic (exact) mass is 536 g/mol. The van der Waals surface area contributed by atoms with Crippen LogP contribution in [0.1, 0.15) is 50.7 Å². The molecule has 2 aromatic heterocycles. The van der Waals surface area contributed by atoms with Crippen LogP contribution in [0.25, 0.3) is 27.9 Å². The normalized spacial score (nSPS) is 15.4. The molecule has 5 rings (SSSR count). The highest BCUT2D eigenvalue weighted by atomic mass is 35.5. The lowest BCUT2D eigenvalue weighted by Crippen LogP contribution is -2.45. The molecule has 4 aromatic rings. The summed E-state index contributed by atoms with van der Waals surface area (Å²) in [6, 6.07) is 16.0. The zero-order chi connectivity index (χ0) is 26.5. The molecule has 0 bridgehead atoms. The summed E-state index contributed by atoms with van der Waals surface area (Å²) in [5.41, 5.74) is 5.58. The largest absolute Gasteiger partial charge is 0.316 e. The van der Waals surface area contributed by atoms with E-state index in [1.807, 2.05) is 17.4 Å². The molecule has 0 radical (unpaired) electrons. The van der Waals surface area contributed by atoms with Gasteiger partial charge in [0.05, 0.1) is 26.8 Å². The zero-order valence-corrected chi connectivity index (χ0v) is 23.1. The molecule has 1 aliphatic rings. The molecule has 0 spiro atoms. The molecule has 192 valence electrons. The van der Waals surface area contributed by atoms with Crippen LogP contribution >= 0.6 is 23.2 Å². The summed E-state index contributed by atoms with van der Waals surface area (Å²) in [6.45, 7) is 10.7. The van der Waals surface area contributed by atoms with Crippen molar-refractivity contribution in [1.29, 1.82) is 0 Å². The van der Waals surface area contributed by atoms with Crippen LogP contribution in [0.4, 0.5) is 4.39 Å². The molecule has 0 atom stereocenters. The van der Waals surface area contributed by atoms with Crippen molar-refractivity contribution < 1.29 is 4.39 Å². The second-order valence-corrected chi connectivity index (χ2v) is 11.8. The Hall–Kier alpha value is -2.66. The van der Waals surface area contributed by atoms with E-state index in [1.54, 1.807) is 36.5 Å². The number of likely N-dealkylation sites (tertiary alicyclic amines) is 1. The van der Waals surface area contributed by atoms with E-state index in [-0.39, 0.29) is 16.8 Å². The van der Waals surface area contributed by atoms with Crippen molar-refractivity contribution in [2.75, 3.05) is 13.1 Å². The van der Waals surface area contributed by atoms with E-state index in [4.69, 9.17) is 23.2 Å². The van der Waals surface area contributed by atoms with Crippen LogP contribution in [0.2, 0.25) is 10.0 Å². The number of piperidine rings is 1. The van der Waals surface area contributed by atoms with E-state index >= 15 is 0 Å². The van der Waals surface area contributed by atoms with Gasteiger partial charge in [-0.15, -0.1) is 0 Å². The number of hydrogen-bond acceptors (Lipinski definition) is 2.